The van der Waals surface area contributed by atoms with Crippen molar-refractivity contribution in [2.24, 2.45) is 5.92 Å². The number of carbonyl (C=O) groups is 2. The molecular formula is C17H23NO4. The Labute approximate surface area is 131 Å². The number of anilines is 1. The molecule has 0 aromatic heterocycles. The van der Waals surface area contributed by atoms with Crippen molar-refractivity contribution in [3.8, 4) is 5.75 Å². The van der Waals surface area contributed by atoms with E-state index in [1.165, 1.54) is 6.92 Å². The number of hydrogen-bond acceptors (Lipinski definition) is 5. The van der Waals surface area contributed by atoms with Gasteiger partial charge in [-0.2, -0.15) is 0 Å². The fourth-order valence-electron chi connectivity index (χ4n) is 2.36. The minimum absolute atomic E-state index is 0.0104. The summed E-state index contributed by atoms with van der Waals surface area (Å²) in [5.74, 6) is 0.732. The van der Waals surface area contributed by atoms with Crippen LogP contribution < -0.4 is 9.64 Å². The van der Waals surface area contributed by atoms with E-state index in [-0.39, 0.29) is 24.4 Å². The van der Waals surface area contributed by atoms with Gasteiger partial charge < -0.3 is 14.4 Å². The predicted molar refractivity (Wildman–Crippen MR) is 84.5 cm³/mol. The number of esters is 1. The van der Waals surface area contributed by atoms with Crippen molar-refractivity contribution in [2.45, 2.75) is 33.8 Å². The number of fused-ring (bicyclic) bond motifs is 1. The van der Waals surface area contributed by atoms with E-state index >= 15 is 0 Å². The van der Waals surface area contributed by atoms with Crippen molar-refractivity contribution in [1.82, 2.24) is 0 Å². The van der Waals surface area contributed by atoms with Gasteiger partial charge in [-0.1, -0.05) is 13.8 Å². The summed E-state index contributed by atoms with van der Waals surface area (Å²) < 4.78 is 11.0. The van der Waals surface area contributed by atoms with Crippen molar-refractivity contribution >= 4 is 17.4 Å². The third-order valence-electron chi connectivity index (χ3n) is 3.41. The fourth-order valence-corrected chi connectivity index (χ4v) is 2.36. The summed E-state index contributed by atoms with van der Waals surface area (Å²) in [4.78, 5) is 25.4. The Morgan fingerprint density at radius 3 is 2.77 bits per heavy atom. The molecular weight excluding hydrogens is 282 g/mol. The van der Waals surface area contributed by atoms with Crippen molar-refractivity contribution in [2.75, 3.05) is 24.6 Å². The van der Waals surface area contributed by atoms with Gasteiger partial charge in [-0.15, -0.1) is 0 Å². The standard InChI is InChI=1S/C17H23NO4/c1-11(2)10-21-17(20)9-18-8-12(3)22-16-6-5-14(13(4)19)7-15(16)18/h5-7,11-12H,8-10H2,1-4H3. The molecule has 0 fully saturated rings. The molecule has 0 N–H and O–H groups in total. The maximum absolute atomic E-state index is 12.0. The number of benzene rings is 1. The van der Waals surface area contributed by atoms with E-state index < -0.39 is 0 Å². The average Bonchev–Trinajstić information content (AvgIpc) is 2.44. The molecule has 1 atom stereocenters. The highest BCUT2D eigenvalue weighted by molar-refractivity contribution is 5.95. The third-order valence-corrected chi connectivity index (χ3v) is 3.41. The second kappa shape index (κ2) is 6.81. The molecule has 0 spiro atoms. The van der Waals surface area contributed by atoms with E-state index in [4.69, 9.17) is 9.47 Å². The Morgan fingerprint density at radius 1 is 1.41 bits per heavy atom. The van der Waals surface area contributed by atoms with Crippen LogP contribution in [0.25, 0.3) is 0 Å². The molecule has 120 valence electrons. The maximum atomic E-state index is 12.0. The van der Waals surface area contributed by atoms with E-state index in [0.717, 1.165) is 5.69 Å². The minimum atomic E-state index is -0.262. The molecule has 0 aliphatic carbocycles. The van der Waals surface area contributed by atoms with E-state index in [9.17, 15) is 9.59 Å². The lowest BCUT2D eigenvalue weighted by atomic mass is 10.1. The molecule has 5 heteroatoms. The lowest BCUT2D eigenvalue weighted by Crippen LogP contribution is -2.42. The second-order valence-corrected chi connectivity index (χ2v) is 6.12. The maximum Gasteiger partial charge on any atom is 0.325 e. The van der Waals surface area contributed by atoms with Gasteiger partial charge in [0.05, 0.1) is 18.8 Å². The van der Waals surface area contributed by atoms with Crippen molar-refractivity contribution in [3.05, 3.63) is 23.8 Å². The third kappa shape index (κ3) is 4.00. The quantitative estimate of drug-likeness (QED) is 0.618. The topological polar surface area (TPSA) is 55.8 Å². The van der Waals surface area contributed by atoms with Crippen LogP contribution in [0.1, 0.15) is 38.1 Å². The Hall–Kier alpha value is -2.04. The summed E-state index contributed by atoms with van der Waals surface area (Å²) >= 11 is 0. The Kier molecular flexibility index (Phi) is 5.06. The van der Waals surface area contributed by atoms with Crippen LogP contribution >= 0.6 is 0 Å². The normalized spacial score (nSPS) is 17.0. The molecule has 1 aromatic rings. The lowest BCUT2D eigenvalue weighted by Gasteiger charge is -2.34. The van der Waals surface area contributed by atoms with Gasteiger partial charge >= 0.3 is 5.97 Å². The van der Waals surface area contributed by atoms with Gasteiger partial charge in [0.15, 0.2) is 5.78 Å². The summed E-state index contributed by atoms with van der Waals surface area (Å²) in [6.45, 7) is 8.64. The predicted octanol–water partition coefficient (Wildman–Crippen LogP) is 2.68. The molecule has 0 amide bonds. The van der Waals surface area contributed by atoms with Crippen LogP contribution in [0.5, 0.6) is 5.75 Å². The van der Waals surface area contributed by atoms with Crippen LogP contribution in [0, 0.1) is 5.92 Å². The smallest absolute Gasteiger partial charge is 0.325 e. The fraction of sp³-hybridized carbons (Fsp3) is 0.529. The summed E-state index contributed by atoms with van der Waals surface area (Å²) in [5, 5.41) is 0. The zero-order chi connectivity index (χ0) is 16.3. The van der Waals surface area contributed by atoms with Gasteiger partial charge in [0, 0.05) is 5.56 Å². The van der Waals surface area contributed by atoms with Gasteiger partial charge in [-0.3, -0.25) is 9.59 Å². The molecule has 0 saturated heterocycles. The van der Waals surface area contributed by atoms with Crippen molar-refractivity contribution in [1.29, 1.82) is 0 Å². The van der Waals surface area contributed by atoms with E-state index in [1.807, 2.05) is 25.7 Å². The van der Waals surface area contributed by atoms with Crippen LogP contribution in [0.4, 0.5) is 5.69 Å². The Morgan fingerprint density at radius 2 is 2.14 bits per heavy atom. The Bertz CT molecular complexity index is 568. The van der Waals surface area contributed by atoms with E-state index in [1.54, 1.807) is 18.2 Å². The monoisotopic (exact) mass is 305 g/mol. The van der Waals surface area contributed by atoms with Crippen molar-refractivity contribution in [3.63, 3.8) is 0 Å². The van der Waals surface area contributed by atoms with Gasteiger partial charge in [0.2, 0.25) is 0 Å². The summed E-state index contributed by atoms with van der Waals surface area (Å²) in [5.41, 5.74) is 1.38. The van der Waals surface area contributed by atoms with Crippen LogP contribution in [-0.2, 0) is 9.53 Å². The molecule has 0 saturated carbocycles. The van der Waals surface area contributed by atoms with Crippen LogP contribution in [0.2, 0.25) is 0 Å². The first-order valence-corrected chi connectivity index (χ1v) is 7.59. The first kappa shape index (κ1) is 16.3. The molecule has 2 rings (SSSR count). The van der Waals surface area contributed by atoms with Gasteiger partial charge in [-0.05, 0) is 38.0 Å². The number of ketones is 1. The molecule has 1 aliphatic rings. The lowest BCUT2D eigenvalue weighted by molar-refractivity contribution is -0.143. The summed E-state index contributed by atoms with van der Waals surface area (Å²) in [6.07, 6.45) is -0.0198. The number of rotatable bonds is 5. The van der Waals surface area contributed by atoms with Crippen LogP contribution in [0.15, 0.2) is 18.2 Å². The molecule has 1 unspecified atom stereocenters. The molecule has 5 nitrogen and oxygen atoms in total. The Balaban J connectivity index is 2.17. The average molecular weight is 305 g/mol. The minimum Gasteiger partial charge on any atom is -0.487 e. The van der Waals surface area contributed by atoms with Crippen LogP contribution in [-0.4, -0.2) is 37.6 Å². The number of carbonyl (C=O) groups excluding carboxylic acids is 2. The highest BCUT2D eigenvalue weighted by Gasteiger charge is 2.25. The zero-order valence-electron chi connectivity index (χ0n) is 13.6. The largest absolute Gasteiger partial charge is 0.487 e. The second-order valence-electron chi connectivity index (χ2n) is 6.12. The highest BCUT2D eigenvalue weighted by atomic mass is 16.5. The zero-order valence-corrected chi connectivity index (χ0v) is 13.6. The molecule has 22 heavy (non-hydrogen) atoms. The molecule has 1 aromatic carbocycles. The highest BCUT2D eigenvalue weighted by Crippen LogP contribution is 2.34. The first-order chi connectivity index (χ1) is 10.4. The summed E-state index contributed by atoms with van der Waals surface area (Å²) in [6, 6.07) is 5.31. The van der Waals surface area contributed by atoms with Crippen molar-refractivity contribution < 1.29 is 19.1 Å². The molecule has 0 radical (unpaired) electrons. The SMILES string of the molecule is CC(=O)c1ccc2c(c1)N(CC(=O)OCC(C)C)CC(C)O2. The number of Topliss-reactive ketones (excluding diaryl/α,β-unsaturated/α-hetero) is 1. The van der Waals surface area contributed by atoms with Gasteiger partial charge in [0.25, 0.3) is 0 Å². The number of nitrogens with zero attached hydrogens (tertiary/aromatic N) is 1. The molecule has 1 heterocycles. The molecule has 1 aliphatic heterocycles. The van der Waals surface area contributed by atoms with E-state index in [0.29, 0.717) is 30.4 Å². The number of hydrogen-bond donors (Lipinski definition) is 0. The van der Waals surface area contributed by atoms with Gasteiger partial charge in [0.1, 0.15) is 18.4 Å². The van der Waals surface area contributed by atoms with Gasteiger partial charge in [-0.25, -0.2) is 0 Å². The first-order valence-electron chi connectivity index (χ1n) is 7.59. The van der Waals surface area contributed by atoms with Crippen LogP contribution in [0.3, 0.4) is 0 Å². The number of ether oxygens (including phenoxy) is 2. The van der Waals surface area contributed by atoms with E-state index in [2.05, 4.69) is 0 Å². The molecule has 0 bridgehead atoms. The summed E-state index contributed by atoms with van der Waals surface area (Å²) in [7, 11) is 0.